The lowest BCUT2D eigenvalue weighted by atomic mass is 10.2. The van der Waals surface area contributed by atoms with Gasteiger partial charge in [0.25, 0.3) is 5.22 Å². The maximum atomic E-state index is 12.6. The average molecular weight is 278 g/mol. The fourth-order valence-electron chi connectivity index (χ4n) is 1.11. The van der Waals surface area contributed by atoms with Crippen LogP contribution in [0.3, 0.4) is 0 Å². The van der Waals surface area contributed by atoms with E-state index in [2.05, 4.69) is 14.6 Å². The molecular formula is C10H6F4N2OS. The maximum Gasteiger partial charge on any atom is 0.470 e. The molecule has 0 bridgehead atoms. The molecule has 1 aromatic heterocycles. The molecule has 0 radical (unpaired) electrons. The summed E-state index contributed by atoms with van der Waals surface area (Å²) >= 11 is 0.954. The van der Waals surface area contributed by atoms with Gasteiger partial charge >= 0.3 is 12.1 Å². The highest BCUT2D eigenvalue weighted by Gasteiger charge is 2.38. The van der Waals surface area contributed by atoms with Gasteiger partial charge < -0.3 is 4.42 Å². The van der Waals surface area contributed by atoms with E-state index in [0.29, 0.717) is 5.75 Å². The van der Waals surface area contributed by atoms with Crippen LogP contribution in [-0.2, 0) is 11.9 Å². The van der Waals surface area contributed by atoms with Crippen LogP contribution in [0.4, 0.5) is 17.6 Å². The lowest BCUT2D eigenvalue weighted by molar-refractivity contribution is -0.158. The van der Waals surface area contributed by atoms with Gasteiger partial charge in [0.1, 0.15) is 5.82 Å². The molecule has 0 aliphatic heterocycles. The minimum absolute atomic E-state index is 0.174. The fraction of sp³-hybridized carbons (Fsp3) is 0.200. The van der Waals surface area contributed by atoms with Crippen molar-refractivity contribution in [2.45, 2.75) is 17.2 Å². The van der Waals surface area contributed by atoms with E-state index >= 15 is 0 Å². The SMILES string of the molecule is Fc1ccc(CSc2nnc(C(F)(F)F)o2)cc1. The highest BCUT2D eigenvalue weighted by atomic mass is 32.2. The van der Waals surface area contributed by atoms with Crippen LogP contribution in [0.1, 0.15) is 11.5 Å². The lowest BCUT2D eigenvalue weighted by Crippen LogP contribution is -2.04. The quantitative estimate of drug-likeness (QED) is 0.636. The monoisotopic (exact) mass is 278 g/mol. The summed E-state index contributed by atoms with van der Waals surface area (Å²) in [4.78, 5) is 0. The topological polar surface area (TPSA) is 38.9 Å². The van der Waals surface area contributed by atoms with Gasteiger partial charge in [-0.3, -0.25) is 0 Å². The first kappa shape index (κ1) is 12.9. The first-order valence-electron chi connectivity index (χ1n) is 4.73. The average Bonchev–Trinajstić information content (AvgIpc) is 2.77. The number of hydrogen-bond acceptors (Lipinski definition) is 4. The first-order valence-corrected chi connectivity index (χ1v) is 5.71. The normalized spacial score (nSPS) is 11.8. The Kier molecular flexibility index (Phi) is 3.55. The van der Waals surface area contributed by atoms with Crippen molar-refractivity contribution in [3.8, 4) is 0 Å². The number of halogens is 4. The largest absolute Gasteiger partial charge is 0.470 e. The molecule has 0 fully saturated rings. The van der Waals surface area contributed by atoms with Crippen molar-refractivity contribution in [1.29, 1.82) is 0 Å². The van der Waals surface area contributed by atoms with Crippen LogP contribution in [0.5, 0.6) is 0 Å². The van der Waals surface area contributed by atoms with Crippen molar-refractivity contribution in [2.24, 2.45) is 0 Å². The summed E-state index contributed by atoms with van der Waals surface area (Å²) in [5.74, 6) is -1.43. The third-order valence-corrected chi connectivity index (χ3v) is 2.81. The van der Waals surface area contributed by atoms with Crippen molar-refractivity contribution in [1.82, 2.24) is 10.2 Å². The molecule has 96 valence electrons. The Balaban J connectivity index is 1.98. The molecule has 2 aromatic rings. The van der Waals surface area contributed by atoms with E-state index in [9.17, 15) is 17.6 Å². The predicted molar refractivity (Wildman–Crippen MR) is 55.3 cm³/mol. The number of hydrogen-bond donors (Lipinski definition) is 0. The van der Waals surface area contributed by atoms with Gasteiger partial charge in [-0.25, -0.2) is 4.39 Å². The van der Waals surface area contributed by atoms with Gasteiger partial charge in [0, 0.05) is 5.75 Å². The molecule has 0 spiro atoms. The van der Waals surface area contributed by atoms with Crippen molar-refractivity contribution in [3.63, 3.8) is 0 Å². The van der Waals surface area contributed by atoms with E-state index in [4.69, 9.17) is 0 Å². The van der Waals surface area contributed by atoms with E-state index < -0.39 is 12.1 Å². The van der Waals surface area contributed by atoms with Gasteiger partial charge in [-0.2, -0.15) is 13.2 Å². The molecule has 0 saturated carbocycles. The maximum absolute atomic E-state index is 12.6. The number of rotatable bonds is 3. The summed E-state index contributed by atoms with van der Waals surface area (Å²) in [6.45, 7) is 0. The Morgan fingerprint density at radius 2 is 1.78 bits per heavy atom. The molecule has 0 aliphatic carbocycles. The van der Waals surface area contributed by atoms with E-state index in [1.807, 2.05) is 0 Å². The number of aromatic nitrogens is 2. The van der Waals surface area contributed by atoms with Crippen molar-refractivity contribution < 1.29 is 22.0 Å². The third kappa shape index (κ3) is 3.22. The zero-order valence-corrected chi connectivity index (χ0v) is 9.56. The highest BCUT2D eigenvalue weighted by Crippen LogP contribution is 2.30. The molecule has 0 unspecified atom stereocenters. The number of alkyl halides is 3. The van der Waals surface area contributed by atoms with Crippen LogP contribution in [0, 0.1) is 5.82 Å². The van der Waals surface area contributed by atoms with Crippen molar-refractivity contribution in [2.75, 3.05) is 0 Å². The van der Waals surface area contributed by atoms with Gasteiger partial charge in [0.05, 0.1) is 0 Å². The Bertz CT molecular complexity index is 523. The minimum atomic E-state index is -4.64. The Morgan fingerprint density at radius 3 is 2.33 bits per heavy atom. The summed E-state index contributed by atoms with van der Waals surface area (Å²) < 4.78 is 53.5. The molecular weight excluding hydrogens is 272 g/mol. The van der Waals surface area contributed by atoms with Gasteiger partial charge in [0.15, 0.2) is 0 Å². The summed E-state index contributed by atoms with van der Waals surface area (Å²) in [5, 5.41) is 5.98. The van der Waals surface area contributed by atoms with Crippen LogP contribution < -0.4 is 0 Å². The van der Waals surface area contributed by atoms with Crippen LogP contribution in [0.2, 0.25) is 0 Å². The first-order chi connectivity index (χ1) is 8.45. The molecule has 0 atom stereocenters. The van der Waals surface area contributed by atoms with Crippen LogP contribution in [0.25, 0.3) is 0 Å². The standard InChI is InChI=1S/C10H6F4N2OS/c11-7-3-1-6(2-4-7)5-18-9-16-15-8(17-9)10(12,13)14/h1-4H,5H2. The Hall–Kier alpha value is -1.57. The smallest absolute Gasteiger partial charge is 0.408 e. The molecule has 0 amide bonds. The molecule has 0 saturated heterocycles. The fourth-order valence-corrected chi connectivity index (χ4v) is 1.83. The summed E-state index contributed by atoms with van der Waals surface area (Å²) in [5.41, 5.74) is 0.744. The van der Waals surface area contributed by atoms with Gasteiger partial charge in [-0.1, -0.05) is 23.9 Å². The molecule has 3 nitrogen and oxygen atoms in total. The van der Waals surface area contributed by atoms with Gasteiger partial charge in [-0.05, 0) is 17.7 Å². The van der Waals surface area contributed by atoms with E-state index in [1.165, 1.54) is 24.3 Å². The third-order valence-electron chi connectivity index (χ3n) is 1.92. The second kappa shape index (κ2) is 4.97. The summed E-state index contributed by atoms with van der Waals surface area (Å²) in [6, 6.07) is 5.60. The second-order valence-corrected chi connectivity index (χ2v) is 4.21. The molecule has 8 heteroatoms. The van der Waals surface area contributed by atoms with Crippen molar-refractivity contribution >= 4 is 11.8 Å². The Morgan fingerprint density at radius 1 is 1.11 bits per heavy atom. The molecule has 1 aromatic carbocycles. The zero-order chi connectivity index (χ0) is 13.2. The van der Waals surface area contributed by atoms with Crippen LogP contribution >= 0.6 is 11.8 Å². The number of benzene rings is 1. The van der Waals surface area contributed by atoms with Crippen LogP contribution in [-0.4, -0.2) is 10.2 Å². The molecule has 18 heavy (non-hydrogen) atoms. The van der Waals surface area contributed by atoms with Crippen LogP contribution in [0.15, 0.2) is 33.9 Å². The van der Waals surface area contributed by atoms with E-state index in [1.54, 1.807) is 0 Å². The zero-order valence-electron chi connectivity index (χ0n) is 8.74. The molecule has 1 heterocycles. The van der Waals surface area contributed by atoms with Crippen molar-refractivity contribution in [3.05, 3.63) is 41.5 Å². The highest BCUT2D eigenvalue weighted by molar-refractivity contribution is 7.98. The van der Waals surface area contributed by atoms with E-state index in [-0.39, 0.29) is 11.0 Å². The van der Waals surface area contributed by atoms with Gasteiger partial charge in [-0.15, -0.1) is 10.2 Å². The molecule has 2 rings (SSSR count). The summed E-state index contributed by atoms with van der Waals surface area (Å²) in [7, 11) is 0. The predicted octanol–water partition coefficient (Wildman–Crippen LogP) is 3.52. The van der Waals surface area contributed by atoms with E-state index in [0.717, 1.165) is 17.3 Å². The number of nitrogens with zero attached hydrogens (tertiary/aromatic N) is 2. The summed E-state index contributed by atoms with van der Waals surface area (Å²) in [6.07, 6.45) is -4.64. The second-order valence-electron chi connectivity index (χ2n) is 3.29. The number of thioether (sulfide) groups is 1. The minimum Gasteiger partial charge on any atom is -0.408 e. The van der Waals surface area contributed by atoms with Gasteiger partial charge in [0.2, 0.25) is 0 Å². The lowest BCUT2D eigenvalue weighted by Gasteiger charge is -1.98. The molecule has 0 aliphatic rings. The Labute approximate surface area is 103 Å². The molecule has 0 N–H and O–H groups in total.